The van der Waals surface area contributed by atoms with Crippen LogP contribution < -0.4 is 5.63 Å². The van der Waals surface area contributed by atoms with Crippen molar-refractivity contribution >= 4 is 22.4 Å². The third-order valence-electron chi connectivity index (χ3n) is 3.20. The Hall–Kier alpha value is -3.28. The van der Waals surface area contributed by atoms with Crippen LogP contribution in [-0.4, -0.2) is 10.7 Å². The van der Waals surface area contributed by atoms with E-state index in [0.29, 0.717) is 11.0 Å². The molecule has 0 fully saturated rings. The minimum atomic E-state index is -0.495. The van der Waals surface area contributed by atoms with E-state index in [0.717, 1.165) is 11.1 Å². The van der Waals surface area contributed by atoms with E-state index in [1.165, 1.54) is 30.3 Å². The number of rotatable bonds is 1. The molecule has 0 amide bonds. The van der Waals surface area contributed by atoms with Gasteiger partial charge >= 0.3 is 5.63 Å². The fourth-order valence-corrected chi connectivity index (χ4v) is 2.06. The molecule has 1 aromatic heterocycles. The van der Waals surface area contributed by atoms with Crippen molar-refractivity contribution in [2.75, 3.05) is 0 Å². The normalized spacial score (nSPS) is 11.4. The first-order chi connectivity index (χ1) is 10.5. The number of nitro benzene ring substituents is 1. The molecule has 0 atom stereocenters. The molecule has 0 radical (unpaired) electrons. The highest BCUT2D eigenvalue weighted by Crippen LogP contribution is 2.19. The van der Waals surface area contributed by atoms with Gasteiger partial charge in [0.2, 0.25) is 0 Å². The number of nitro groups is 1. The second kappa shape index (κ2) is 5.25. The average molecular weight is 295 g/mol. The summed E-state index contributed by atoms with van der Waals surface area (Å²) >= 11 is 0. The first-order valence-corrected chi connectivity index (χ1v) is 6.38. The van der Waals surface area contributed by atoms with Crippen LogP contribution in [-0.2, 0) is 0 Å². The summed E-state index contributed by atoms with van der Waals surface area (Å²) < 4.78 is 4.82. The van der Waals surface area contributed by atoms with E-state index in [1.54, 1.807) is 0 Å². The largest absolute Gasteiger partial charge is 0.423 e. The van der Waals surface area contributed by atoms with Gasteiger partial charge in [-0.1, -0.05) is 18.2 Å². The van der Waals surface area contributed by atoms with Gasteiger partial charge in [-0.25, -0.2) is 4.79 Å². The van der Waals surface area contributed by atoms with Crippen molar-refractivity contribution in [3.8, 4) is 0 Å². The van der Waals surface area contributed by atoms with Crippen LogP contribution in [0.25, 0.3) is 11.0 Å². The highest BCUT2D eigenvalue weighted by atomic mass is 16.6. The first kappa shape index (κ1) is 13.7. The number of benzene rings is 2. The summed E-state index contributed by atoms with van der Waals surface area (Å²) in [4.78, 5) is 31.4. The molecule has 108 valence electrons. The van der Waals surface area contributed by atoms with Gasteiger partial charge in [0.15, 0.2) is 5.78 Å². The smallest absolute Gasteiger partial charge is 0.336 e. The SMILES string of the molecule is O=C1c2cccc1c2.O=c1ccc2cc([N+](=O)[O-])ccc2o1. The topological polar surface area (TPSA) is 90.4 Å². The molecule has 2 aliphatic carbocycles. The van der Waals surface area contributed by atoms with Crippen LogP contribution in [0.2, 0.25) is 0 Å². The van der Waals surface area contributed by atoms with Crippen LogP contribution in [0.1, 0.15) is 15.9 Å². The van der Waals surface area contributed by atoms with Crippen LogP contribution >= 0.6 is 0 Å². The lowest BCUT2D eigenvalue weighted by molar-refractivity contribution is -0.384. The zero-order chi connectivity index (χ0) is 15.7. The standard InChI is InChI=1S/C9H5NO4.C7H4O/c11-9-4-1-6-5-7(10(12)13)2-3-8(6)14-9;8-7-5-2-1-3-6(7)4-5/h1-5H;1-4H. The number of nitrogens with zero attached hydrogens (tertiary/aromatic N) is 1. The second-order valence-electron chi connectivity index (χ2n) is 4.64. The van der Waals surface area contributed by atoms with Crippen LogP contribution in [0.3, 0.4) is 0 Å². The molecule has 1 heterocycles. The fourth-order valence-electron chi connectivity index (χ4n) is 2.06. The summed E-state index contributed by atoms with van der Waals surface area (Å²) in [5, 5.41) is 11.0. The van der Waals surface area contributed by atoms with Gasteiger partial charge in [-0.05, 0) is 18.2 Å². The van der Waals surface area contributed by atoms with Gasteiger partial charge in [0.05, 0.1) is 4.92 Å². The highest BCUT2D eigenvalue weighted by Gasteiger charge is 2.17. The molecular weight excluding hydrogens is 286 g/mol. The Bertz CT molecular complexity index is 929. The lowest BCUT2D eigenvalue weighted by atomic mass is 9.92. The van der Waals surface area contributed by atoms with Crippen LogP contribution in [0.4, 0.5) is 5.69 Å². The summed E-state index contributed by atoms with van der Waals surface area (Å²) in [6, 6.07) is 14.2. The average Bonchev–Trinajstić information content (AvgIpc) is 2.55. The van der Waals surface area contributed by atoms with Crippen LogP contribution in [0.5, 0.6) is 0 Å². The summed E-state index contributed by atoms with van der Waals surface area (Å²) in [7, 11) is 0. The van der Waals surface area contributed by atoms with Gasteiger partial charge in [-0.2, -0.15) is 0 Å². The maximum atomic E-state index is 10.8. The first-order valence-electron chi connectivity index (χ1n) is 6.38. The summed E-state index contributed by atoms with van der Waals surface area (Å²) in [5.74, 6) is 0.201. The molecular formula is C16H9NO5. The van der Waals surface area contributed by atoms with Crippen LogP contribution in [0.15, 0.2) is 63.8 Å². The van der Waals surface area contributed by atoms with Gasteiger partial charge in [0, 0.05) is 34.7 Å². The quantitative estimate of drug-likeness (QED) is 0.306. The zero-order valence-corrected chi connectivity index (χ0v) is 11.2. The van der Waals surface area contributed by atoms with Crippen molar-refractivity contribution in [1.82, 2.24) is 0 Å². The van der Waals surface area contributed by atoms with E-state index in [9.17, 15) is 19.7 Å². The van der Waals surface area contributed by atoms with Gasteiger partial charge in [-0.3, -0.25) is 14.9 Å². The Morgan fingerprint density at radius 1 is 0.909 bits per heavy atom. The molecule has 5 rings (SSSR count). The monoisotopic (exact) mass is 295 g/mol. The molecule has 6 nitrogen and oxygen atoms in total. The van der Waals surface area contributed by atoms with E-state index in [4.69, 9.17) is 4.42 Å². The van der Waals surface area contributed by atoms with Crippen molar-refractivity contribution in [3.63, 3.8) is 0 Å². The minimum absolute atomic E-state index is 0.0219. The van der Waals surface area contributed by atoms with E-state index in [-0.39, 0.29) is 11.5 Å². The third-order valence-corrected chi connectivity index (χ3v) is 3.20. The van der Waals surface area contributed by atoms with E-state index in [2.05, 4.69) is 0 Å². The van der Waals surface area contributed by atoms with Crippen molar-refractivity contribution in [1.29, 1.82) is 0 Å². The molecule has 0 saturated carbocycles. The number of hydrogen-bond acceptors (Lipinski definition) is 5. The Morgan fingerprint density at radius 2 is 1.64 bits per heavy atom. The predicted molar refractivity (Wildman–Crippen MR) is 79.0 cm³/mol. The van der Waals surface area contributed by atoms with Crippen molar-refractivity contribution in [2.24, 2.45) is 0 Å². The molecule has 0 spiro atoms. The number of non-ortho nitro benzene ring substituents is 1. The molecule has 0 unspecified atom stereocenters. The van der Waals surface area contributed by atoms with Crippen molar-refractivity contribution < 1.29 is 14.1 Å². The van der Waals surface area contributed by atoms with Gasteiger partial charge in [0.1, 0.15) is 5.58 Å². The zero-order valence-electron chi connectivity index (χ0n) is 11.2. The maximum absolute atomic E-state index is 10.8. The predicted octanol–water partition coefficient (Wildman–Crippen LogP) is 2.93. The van der Waals surface area contributed by atoms with E-state index >= 15 is 0 Å². The fraction of sp³-hybridized carbons (Fsp3) is 0. The van der Waals surface area contributed by atoms with E-state index < -0.39 is 10.5 Å². The second-order valence-corrected chi connectivity index (χ2v) is 4.64. The van der Waals surface area contributed by atoms with Gasteiger partial charge in [0.25, 0.3) is 5.69 Å². The molecule has 0 N–H and O–H groups in total. The van der Waals surface area contributed by atoms with Crippen molar-refractivity contribution in [2.45, 2.75) is 0 Å². The van der Waals surface area contributed by atoms with Gasteiger partial charge in [-0.15, -0.1) is 0 Å². The number of ketones is 1. The molecule has 2 aromatic carbocycles. The summed E-state index contributed by atoms with van der Waals surface area (Å²) in [6.45, 7) is 0. The molecule has 0 saturated heterocycles. The Balaban J connectivity index is 0.000000151. The molecule has 3 aromatic rings. The van der Waals surface area contributed by atoms with Gasteiger partial charge < -0.3 is 4.42 Å². The third kappa shape index (κ3) is 2.49. The maximum Gasteiger partial charge on any atom is 0.336 e. The lowest BCUT2D eigenvalue weighted by Gasteiger charge is -2.10. The molecule has 2 aliphatic rings. The number of carbonyl (C=O) groups is 1. The lowest BCUT2D eigenvalue weighted by Crippen LogP contribution is -2.10. The Morgan fingerprint density at radius 3 is 2.18 bits per heavy atom. The number of carbonyl (C=O) groups excluding carboxylic acids is 1. The molecule has 6 heteroatoms. The summed E-state index contributed by atoms with van der Waals surface area (Å²) in [5.41, 5.74) is 1.56. The molecule has 22 heavy (non-hydrogen) atoms. The minimum Gasteiger partial charge on any atom is -0.423 e. The van der Waals surface area contributed by atoms with Crippen molar-refractivity contribution in [3.05, 3.63) is 86.3 Å². The Labute approximate surface area is 123 Å². The summed E-state index contributed by atoms with van der Waals surface area (Å²) in [6.07, 6.45) is 0. The Kier molecular flexibility index (Phi) is 3.27. The molecule has 2 bridgehead atoms. The number of hydrogen-bond donors (Lipinski definition) is 0. The van der Waals surface area contributed by atoms with Crippen LogP contribution in [0, 0.1) is 10.1 Å². The number of fused-ring (bicyclic) bond motifs is 3. The molecule has 0 aliphatic heterocycles. The van der Waals surface area contributed by atoms with E-state index in [1.807, 2.05) is 24.3 Å². The highest BCUT2D eigenvalue weighted by molar-refractivity contribution is 6.16.